The molecule has 2 N–H and O–H groups in total. The number of aromatic nitrogens is 1. The number of rotatable bonds is 4. The summed E-state index contributed by atoms with van der Waals surface area (Å²) in [6, 6.07) is 8.09. The second-order valence-electron chi connectivity index (χ2n) is 7.06. The number of hydrogen-bond donors (Lipinski definition) is 1. The molecule has 1 aromatic carbocycles. The molecule has 1 aliphatic heterocycles. The molecule has 2 aromatic rings. The Kier molecular flexibility index (Phi) is 3.76. The minimum Gasteiger partial charge on any atom is -0.399 e. The lowest BCUT2D eigenvalue weighted by Gasteiger charge is -2.23. The zero-order valence-corrected chi connectivity index (χ0v) is 14.7. The van der Waals surface area contributed by atoms with Crippen molar-refractivity contribution in [3.05, 3.63) is 52.7 Å². The molecule has 5 nitrogen and oxygen atoms in total. The number of anilines is 2. The molecular formula is C20H23N3O2. The van der Waals surface area contributed by atoms with Crippen molar-refractivity contribution >= 4 is 17.4 Å². The molecule has 1 spiro atoms. The third kappa shape index (κ3) is 2.34. The van der Waals surface area contributed by atoms with E-state index in [1.54, 1.807) is 11.1 Å². The van der Waals surface area contributed by atoms with E-state index in [1.807, 2.05) is 25.1 Å². The highest BCUT2D eigenvalue weighted by molar-refractivity contribution is 6.08. The molecular weight excluding hydrogens is 314 g/mol. The summed E-state index contributed by atoms with van der Waals surface area (Å²) < 4.78 is 5.66. The van der Waals surface area contributed by atoms with Gasteiger partial charge in [0.1, 0.15) is 12.5 Å². The van der Waals surface area contributed by atoms with E-state index in [2.05, 4.69) is 18.0 Å². The molecule has 0 radical (unpaired) electrons. The van der Waals surface area contributed by atoms with Gasteiger partial charge in [0.05, 0.1) is 5.41 Å². The van der Waals surface area contributed by atoms with Crippen molar-refractivity contribution in [3.63, 3.8) is 0 Å². The number of benzene rings is 1. The van der Waals surface area contributed by atoms with Gasteiger partial charge < -0.3 is 10.5 Å². The highest BCUT2D eigenvalue weighted by atomic mass is 16.5. The highest BCUT2D eigenvalue weighted by Crippen LogP contribution is 2.49. The average molecular weight is 337 g/mol. The second kappa shape index (κ2) is 5.85. The van der Waals surface area contributed by atoms with E-state index in [-0.39, 0.29) is 12.6 Å². The number of amides is 1. The van der Waals surface area contributed by atoms with Crippen LogP contribution in [-0.2, 0) is 27.8 Å². The Morgan fingerprint density at radius 1 is 1.32 bits per heavy atom. The van der Waals surface area contributed by atoms with E-state index in [0.29, 0.717) is 19.4 Å². The number of ether oxygens (including phenoxy) is 1. The van der Waals surface area contributed by atoms with Gasteiger partial charge in [0.2, 0.25) is 5.91 Å². The quantitative estimate of drug-likeness (QED) is 0.688. The maximum atomic E-state index is 13.4. The fourth-order valence-corrected chi connectivity index (χ4v) is 4.09. The van der Waals surface area contributed by atoms with Gasteiger partial charge in [0.15, 0.2) is 0 Å². The van der Waals surface area contributed by atoms with E-state index in [0.717, 1.165) is 29.1 Å². The third-order valence-electron chi connectivity index (χ3n) is 5.35. The minimum absolute atomic E-state index is 0.0877. The topological polar surface area (TPSA) is 68.5 Å². The van der Waals surface area contributed by atoms with Gasteiger partial charge >= 0.3 is 0 Å². The fourth-order valence-electron chi connectivity index (χ4n) is 4.09. The summed E-state index contributed by atoms with van der Waals surface area (Å²) in [4.78, 5) is 19.6. The Labute approximate surface area is 147 Å². The fraction of sp³-hybridized carbons (Fsp3) is 0.400. The second-order valence-corrected chi connectivity index (χ2v) is 7.06. The molecule has 1 atom stereocenters. The molecule has 1 aliphatic carbocycles. The minimum atomic E-state index is -0.568. The Hall–Kier alpha value is -2.40. The Morgan fingerprint density at radius 3 is 2.84 bits per heavy atom. The van der Waals surface area contributed by atoms with Crippen LogP contribution in [0.1, 0.15) is 35.6 Å². The van der Waals surface area contributed by atoms with Crippen LogP contribution in [0.4, 0.5) is 11.5 Å². The standard InChI is InChI=1S/C20H23N3O2/c1-3-7-25-12-23-18-16(5-4-6-22-18)20(19(23)24)10-14-8-13(2)17(21)9-15(14)11-20/h4-6,8-9H,3,7,10-12,21H2,1-2H3. The van der Waals surface area contributed by atoms with E-state index in [1.165, 1.54) is 11.1 Å². The van der Waals surface area contributed by atoms with Gasteiger partial charge in [-0.3, -0.25) is 9.69 Å². The number of carbonyl (C=O) groups excluding carboxylic acids is 1. The molecule has 2 heterocycles. The molecule has 2 aliphatic rings. The van der Waals surface area contributed by atoms with Crippen molar-refractivity contribution < 1.29 is 9.53 Å². The van der Waals surface area contributed by atoms with Crippen molar-refractivity contribution in [2.45, 2.75) is 38.5 Å². The van der Waals surface area contributed by atoms with Crippen molar-refractivity contribution in [1.29, 1.82) is 0 Å². The first-order valence-electron chi connectivity index (χ1n) is 8.80. The maximum absolute atomic E-state index is 13.4. The molecule has 0 fully saturated rings. The summed E-state index contributed by atoms with van der Waals surface area (Å²) in [7, 11) is 0. The summed E-state index contributed by atoms with van der Waals surface area (Å²) in [6.45, 7) is 4.96. The van der Waals surface area contributed by atoms with Crippen LogP contribution < -0.4 is 10.6 Å². The van der Waals surface area contributed by atoms with Gasteiger partial charge in [0.25, 0.3) is 0 Å². The van der Waals surface area contributed by atoms with Crippen LogP contribution in [0.2, 0.25) is 0 Å². The zero-order chi connectivity index (χ0) is 17.6. The first-order valence-corrected chi connectivity index (χ1v) is 8.80. The predicted molar refractivity (Wildman–Crippen MR) is 97.5 cm³/mol. The number of aryl methyl sites for hydroxylation is 1. The summed E-state index contributed by atoms with van der Waals surface area (Å²) in [5, 5.41) is 0. The third-order valence-corrected chi connectivity index (χ3v) is 5.35. The van der Waals surface area contributed by atoms with Crippen LogP contribution in [-0.4, -0.2) is 24.2 Å². The van der Waals surface area contributed by atoms with Gasteiger partial charge in [-0.1, -0.05) is 19.1 Å². The van der Waals surface area contributed by atoms with Gasteiger partial charge in [-0.2, -0.15) is 0 Å². The molecule has 25 heavy (non-hydrogen) atoms. The molecule has 0 bridgehead atoms. The lowest BCUT2D eigenvalue weighted by atomic mass is 9.79. The number of nitrogens with two attached hydrogens (primary N) is 1. The number of fused-ring (bicyclic) bond motifs is 3. The lowest BCUT2D eigenvalue weighted by molar-refractivity contribution is -0.124. The number of pyridine rings is 1. The van der Waals surface area contributed by atoms with E-state index < -0.39 is 5.41 Å². The van der Waals surface area contributed by atoms with Gasteiger partial charge in [0, 0.05) is 24.1 Å². The number of hydrogen-bond acceptors (Lipinski definition) is 4. The average Bonchev–Trinajstić information content (AvgIpc) is 3.07. The SMILES string of the molecule is CCCOCN1C(=O)C2(Cc3cc(C)c(N)cc3C2)c2cccnc21. The van der Waals surface area contributed by atoms with Crippen molar-refractivity contribution in [2.75, 3.05) is 24.0 Å². The van der Waals surface area contributed by atoms with E-state index in [4.69, 9.17) is 10.5 Å². The highest BCUT2D eigenvalue weighted by Gasteiger charge is 2.54. The number of nitrogens with zero attached hydrogens (tertiary/aromatic N) is 2. The monoisotopic (exact) mass is 337 g/mol. The molecule has 1 unspecified atom stereocenters. The molecule has 0 saturated carbocycles. The van der Waals surface area contributed by atoms with Crippen LogP contribution in [0.3, 0.4) is 0 Å². The lowest BCUT2D eigenvalue weighted by Crippen LogP contribution is -2.42. The summed E-state index contributed by atoms with van der Waals surface area (Å²) in [6.07, 6.45) is 4.04. The molecule has 5 heteroatoms. The molecule has 130 valence electrons. The van der Waals surface area contributed by atoms with Gasteiger partial charge in [-0.15, -0.1) is 0 Å². The molecule has 1 aromatic heterocycles. The Bertz CT molecular complexity index is 816. The predicted octanol–water partition coefficient (Wildman–Crippen LogP) is 2.74. The van der Waals surface area contributed by atoms with Crippen LogP contribution >= 0.6 is 0 Å². The van der Waals surface area contributed by atoms with Crippen LogP contribution in [0, 0.1) is 6.92 Å². The van der Waals surface area contributed by atoms with E-state index in [9.17, 15) is 4.79 Å². The molecule has 0 saturated heterocycles. The van der Waals surface area contributed by atoms with Crippen molar-refractivity contribution in [2.24, 2.45) is 0 Å². The Morgan fingerprint density at radius 2 is 2.08 bits per heavy atom. The van der Waals surface area contributed by atoms with Gasteiger partial charge in [-0.05, 0) is 55.0 Å². The Balaban J connectivity index is 1.75. The molecule has 4 rings (SSSR count). The first kappa shape index (κ1) is 16.1. The van der Waals surface area contributed by atoms with Crippen molar-refractivity contribution in [3.8, 4) is 0 Å². The smallest absolute Gasteiger partial charge is 0.241 e. The maximum Gasteiger partial charge on any atom is 0.241 e. The van der Waals surface area contributed by atoms with E-state index >= 15 is 0 Å². The van der Waals surface area contributed by atoms with Crippen molar-refractivity contribution in [1.82, 2.24) is 4.98 Å². The summed E-state index contributed by atoms with van der Waals surface area (Å²) >= 11 is 0. The van der Waals surface area contributed by atoms with Crippen LogP contribution in [0.25, 0.3) is 0 Å². The largest absolute Gasteiger partial charge is 0.399 e. The number of carbonyl (C=O) groups is 1. The van der Waals surface area contributed by atoms with Crippen LogP contribution in [0.15, 0.2) is 30.5 Å². The van der Waals surface area contributed by atoms with Crippen LogP contribution in [0.5, 0.6) is 0 Å². The first-order chi connectivity index (χ1) is 12.1. The molecule has 1 amide bonds. The summed E-state index contributed by atoms with van der Waals surface area (Å²) in [5.41, 5.74) is 10.8. The van der Waals surface area contributed by atoms with Gasteiger partial charge in [-0.25, -0.2) is 4.98 Å². The zero-order valence-electron chi connectivity index (χ0n) is 14.7. The normalized spacial score (nSPS) is 21.0. The number of nitrogen functional groups attached to an aromatic ring is 1. The summed E-state index contributed by atoms with van der Waals surface area (Å²) in [5.74, 6) is 0.825.